The molecule has 0 bridgehead atoms. The number of amides is 2. The molecule has 2 aliphatic heterocycles. The van der Waals surface area contributed by atoms with Crippen molar-refractivity contribution in [1.82, 2.24) is 14.4 Å². The van der Waals surface area contributed by atoms with Crippen molar-refractivity contribution in [3.8, 4) is 0 Å². The summed E-state index contributed by atoms with van der Waals surface area (Å²) in [5.74, 6) is -1.86. The Bertz CT molecular complexity index is 1460. The van der Waals surface area contributed by atoms with Crippen molar-refractivity contribution in [1.29, 1.82) is 0 Å². The standard InChI is InChI=1S/C32H34FN3O5/c1-41-31(40)32(19-21-9-11-24(33)12-10-21)28-23(20-36(32)29(38)22-7-3-2-4-8-22)17-26-25(28)18-27(35(26)15-16-37)30(39)34-13-5-6-14-34/h2-4,7-12,18,23,28,37H,5-6,13-17,19-20H2,1H3/t23?,28?,32-/m1/s1. The number of benzene rings is 2. The summed E-state index contributed by atoms with van der Waals surface area (Å²) in [5.41, 5.74) is 1.98. The molecule has 2 amide bonds. The molecular formula is C32H34FN3O5. The minimum Gasteiger partial charge on any atom is -0.467 e. The molecule has 1 aliphatic carbocycles. The minimum atomic E-state index is -1.42. The van der Waals surface area contributed by atoms with Gasteiger partial charge in [0.2, 0.25) is 0 Å². The van der Waals surface area contributed by atoms with Gasteiger partial charge < -0.3 is 24.2 Å². The molecule has 2 fully saturated rings. The third kappa shape index (κ3) is 4.43. The Labute approximate surface area is 238 Å². The van der Waals surface area contributed by atoms with Gasteiger partial charge in [-0.2, -0.15) is 0 Å². The Balaban J connectivity index is 1.51. The highest BCUT2D eigenvalue weighted by atomic mass is 19.1. The van der Waals surface area contributed by atoms with E-state index in [0.29, 0.717) is 42.9 Å². The fraction of sp³-hybridized carbons (Fsp3) is 0.406. The SMILES string of the molecule is COC(=O)[C@@]1(Cc2ccc(F)cc2)C2c3cc(C(=O)N4CCCC4)n(CCO)c3CC2CN1C(=O)c1ccccc1. The summed E-state index contributed by atoms with van der Waals surface area (Å²) in [5, 5.41) is 9.93. The summed E-state index contributed by atoms with van der Waals surface area (Å²) in [6.07, 6.45) is 2.58. The van der Waals surface area contributed by atoms with Gasteiger partial charge in [-0.05, 0) is 66.6 Å². The maximum absolute atomic E-state index is 14.1. The lowest BCUT2D eigenvalue weighted by atomic mass is 9.75. The van der Waals surface area contributed by atoms with Crippen molar-refractivity contribution in [3.63, 3.8) is 0 Å². The maximum atomic E-state index is 14.1. The van der Waals surface area contributed by atoms with Crippen LogP contribution in [0.3, 0.4) is 0 Å². The number of carbonyl (C=O) groups excluding carboxylic acids is 3. The van der Waals surface area contributed by atoms with E-state index >= 15 is 0 Å². The molecule has 3 atom stereocenters. The number of aromatic nitrogens is 1. The highest BCUT2D eigenvalue weighted by molar-refractivity contribution is 6.00. The van der Waals surface area contributed by atoms with Crippen LogP contribution < -0.4 is 0 Å². The molecule has 2 unspecified atom stereocenters. The Hall–Kier alpha value is -3.98. The van der Waals surface area contributed by atoms with Crippen LogP contribution in [0.25, 0.3) is 0 Å². The molecule has 0 spiro atoms. The fourth-order valence-electron chi connectivity index (χ4n) is 7.33. The largest absolute Gasteiger partial charge is 0.467 e. The summed E-state index contributed by atoms with van der Waals surface area (Å²) < 4.78 is 21.2. The molecular weight excluding hydrogens is 525 g/mol. The van der Waals surface area contributed by atoms with E-state index in [0.717, 1.165) is 24.1 Å². The Morgan fingerprint density at radius 1 is 1.02 bits per heavy atom. The number of halogens is 1. The molecule has 2 aromatic carbocycles. The number of rotatable bonds is 7. The molecule has 3 aromatic rings. The predicted octanol–water partition coefficient (Wildman–Crippen LogP) is 3.42. The van der Waals surface area contributed by atoms with Gasteiger partial charge in [0, 0.05) is 49.8 Å². The van der Waals surface area contributed by atoms with E-state index < -0.39 is 23.2 Å². The third-order valence-corrected chi connectivity index (χ3v) is 9.04. The second kappa shape index (κ2) is 10.8. The topological polar surface area (TPSA) is 92.1 Å². The van der Waals surface area contributed by atoms with Crippen LogP contribution in [0, 0.1) is 11.7 Å². The molecule has 0 radical (unpaired) electrons. The zero-order valence-corrected chi connectivity index (χ0v) is 23.1. The quantitative estimate of drug-likeness (QED) is 0.448. The van der Waals surface area contributed by atoms with Crippen LogP contribution in [0.15, 0.2) is 60.7 Å². The van der Waals surface area contributed by atoms with Crippen molar-refractivity contribution >= 4 is 17.8 Å². The molecule has 2 saturated heterocycles. The zero-order chi connectivity index (χ0) is 28.7. The second-order valence-corrected chi connectivity index (χ2v) is 11.2. The summed E-state index contributed by atoms with van der Waals surface area (Å²) in [6, 6.07) is 16.7. The van der Waals surface area contributed by atoms with Gasteiger partial charge in [-0.3, -0.25) is 9.59 Å². The van der Waals surface area contributed by atoms with Crippen molar-refractivity contribution in [2.45, 2.75) is 43.7 Å². The van der Waals surface area contributed by atoms with Gasteiger partial charge in [-0.25, -0.2) is 9.18 Å². The van der Waals surface area contributed by atoms with E-state index in [2.05, 4.69) is 0 Å². The van der Waals surface area contributed by atoms with E-state index in [1.165, 1.54) is 19.2 Å². The molecule has 41 heavy (non-hydrogen) atoms. The van der Waals surface area contributed by atoms with E-state index in [4.69, 9.17) is 4.74 Å². The first kappa shape index (κ1) is 27.2. The molecule has 0 saturated carbocycles. The minimum absolute atomic E-state index is 0.0840. The van der Waals surface area contributed by atoms with Gasteiger partial charge in [0.25, 0.3) is 11.8 Å². The highest BCUT2D eigenvalue weighted by Gasteiger charge is 2.64. The number of aliphatic hydroxyl groups is 1. The molecule has 214 valence electrons. The van der Waals surface area contributed by atoms with Gasteiger partial charge in [0.15, 0.2) is 5.54 Å². The van der Waals surface area contributed by atoms with Crippen LogP contribution in [0.1, 0.15) is 56.4 Å². The average molecular weight is 560 g/mol. The lowest BCUT2D eigenvalue weighted by Crippen LogP contribution is -2.58. The summed E-state index contributed by atoms with van der Waals surface area (Å²) >= 11 is 0. The molecule has 1 N–H and O–H groups in total. The van der Waals surface area contributed by atoms with Crippen LogP contribution >= 0.6 is 0 Å². The molecule has 1 aromatic heterocycles. The van der Waals surface area contributed by atoms with Crippen LogP contribution in [0.2, 0.25) is 0 Å². The number of nitrogens with zero attached hydrogens (tertiary/aromatic N) is 3. The first-order valence-corrected chi connectivity index (χ1v) is 14.2. The molecule has 3 aliphatic rings. The number of ether oxygens (including phenoxy) is 1. The zero-order valence-electron chi connectivity index (χ0n) is 23.1. The number of aliphatic hydroxyl groups excluding tert-OH is 1. The second-order valence-electron chi connectivity index (χ2n) is 11.2. The van der Waals surface area contributed by atoms with Crippen LogP contribution in [0.4, 0.5) is 4.39 Å². The summed E-state index contributed by atoms with van der Waals surface area (Å²) in [4.78, 5) is 45.2. The average Bonchev–Trinajstić information content (AvgIpc) is 3.77. The first-order chi connectivity index (χ1) is 19.9. The maximum Gasteiger partial charge on any atom is 0.332 e. The number of methoxy groups -OCH3 is 1. The first-order valence-electron chi connectivity index (χ1n) is 14.2. The summed E-state index contributed by atoms with van der Waals surface area (Å²) in [7, 11) is 1.32. The van der Waals surface area contributed by atoms with Crippen molar-refractivity contribution in [3.05, 3.63) is 94.6 Å². The number of hydrogen-bond acceptors (Lipinski definition) is 5. The van der Waals surface area contributed by atoms with Gasteiger partial charge >= 0.3 is 5.97 Å². The molecule has 6 rings (SSSR count). The van der Waals surface area contributed by atoms with Crippen molar-refractivity contribution in [2.75, 3.05) is 33.4 Å². The van der Waals surface area contributed by atoms with E-state index in [1.807, 2.05) is 21.6 Å². The van der Waals surface area contributed by atoms with Gasteiger partial charge in [0.1, 0.15) is 11.5 Å². The number of likely N-dealkylation sites (tertiary alicyclic amines) is 2. The summed E-state index contributed by atoms with van der Waals surface area (Å²) in [6.45, 7) is 1.83. The normalized spacial score (nSPS) is 23.0. The fourth-order valence-corrected chi connectivity index (χ4v) is 7.33. The van der Waals surface area contributed by atoms with Gasteiger partial charge in [-0.1, -0.05) is 30.3 Å². The van der Waals surface area contributed by atoms with Crippen molar-refractivity contribution < 1.29 is 28.6 Å². The van der Waals surface area contributed by atoms with Gasteiger partial charge in [-0.15, -0.1) is 0 Å². The molecule has 8 nitrogen and oxygen atoms in total. The Morgan fingerprint density at radius 2 is 1.73 bits per heavy atom. The van der Waals surface area contributed by atoms with E-state index in [-0.39, 0.29) is 37.3 Å². The number of fused-ring (bicyclic) bond motifs is 3. The lowest BCUT2D eigenvalue weighted by Gasteiger charge is -2.40. The molecule has 3 heterocycles. The lowest BCUT2D eigenvalue weighted by molar-refractivity contribution is -0.153. The third-order valence-electron chi connectivity index (χ3n) is 9.04. The molecule has 9 heteroatoms. The smallest absolute Gasteiger partial charge is 0.332 e. The Morgan fingerprint density at radius 3 is 2.39 bits per heavy atom. The highest BCUT2D eigenvalue weighted by Crippen LogP contribution is 2.55. The van der Waals surface area contributed by atoms with E-state index in [1.54, 1.807) is 41.3 Å². The number of carbonyl (C=O) groups is 3. The number of esters is 1. The predicted molar refractivity (Wildman–Crippen MR) is 149 cm³/mol. The van der Waals surface area contributed by atoms with Crippen LogP contribution in [-0.4, -0.2) is 76.1 Å². The number of hydrogen-bond donors (Lipinski definition) is 1. The monoisotopic (exact) mass is 559 g/mol. The van der Waals surface area contributed by atoms with Crippen LogP contribution in [-0.2, 0) is 28.9 Å². The van der Waals surface area contributed by atoms with Crippen molar-refractivity contribution in [2.24, 2.45) is 5.92 Å². The Kier molecular flexibility index (Phi) is 7.15. The van der Waals surface area contributed by atoms with Crippen LogP contribution in [0.5, 0.6) is 0 Å². The van der Waals surface area contributed by atoms with Gasteiger partial charge in [0.05, 0.1) is 13.7 Å². The van der Waals surface area contributed by atoms with E-state index in [9.17, 15) is 23.9 Å².